The molecule has 2 aliphatic rings. The van der Waals surface area contributed by atoms with Crippen molar-refractivity contribution in [2.75, 3.05) is 18.4 Å². The van der Waals surface area contributed by atoms with Crippen molar-refractivity contribution in [1.29, 1.82) is 0 Å². The second-order valence-electron chi connectivity index (χ2n) is 6.87. The van der Waals surface area contributed by atoms with E-state index in [4.69, 9.17) is 0 Å². The number of nitrogens with zero attached hydrogens (tertiary/aromatic N) is 1. The van der Waals surface area contributed by atoms with E-state index in [-0.39, 0.29) is 23.8 Å². The number of carbonyl (C=O) groups excluding carboxylic acids is 2. The molecule has 1 heterocycles. The molecule has 3 rings (SSSR count). The Kier molecular flexibility index (Phi) is 4.39. The first-order valence-corrected chi connectivity index (χ1v) is 8.42. The van der Waals surface area contributed by atoms with Gasteiger partial charge < -0.3 is 15.5 Å². The number of benzene rings is 1. The van der Waals surface area contributed by atoms with E-state index in [1.807, 2.05) is 17.0 Å². The van der Waals surface area contributed by atoms with Crippen LogP contribution in [0.3, 0.4) is 0 Å². The summed E-state index contributed by atoms with van der Waals surface area (Å²) in [6, 6.07) is 7.70. The van der Waals surface area contributed by atoms with E-state index in [2.05, 4.69) is 31.4 Å². The predicted molar refractivity (Wildman–Crippen MR) is 90.3 cm³/mol. The SMILES string of the molecule is CC1CC1C(=O)Nc1ccc(C(=O)N2CCNC(C)C2C)cc1. The number of hydrogen-bond acceptors (Lipinski definition) is 3. The summed E-state index contributed by atoms with van der Waals surface area (Å²) < 4.78 is 0. The number of rotatable bonds is 3. The van der Waals surface area contributed by atoms with Crippen molar-refractivity contribution in [3.8, 4) is 0 Å². The average molecular weight is 315 g/mol. The molecule has 1 aromatic carbocycles. The first-order valence-electron chi connectivity index (χ1n) is 8.42. The molecule has 4 atom stereocenters. The second-order valence-corrected chi connectivity index (χ2v) is 6.87. The Bertz CT molecular complexity index is 599. The van der Waals surface area contributed by atoms with Crippen LogP contribution in [-0.4, -0.2) is 41.9 Å². The molecule has 1 saturated heterocycles. The number of carbonyl (C=O) groups is 2. The lowest BCUT2D eigenvalue weighted by atomic mass is 10.1. The summed E-state index contributed by atoms with van der Waals surface area (Å²) >= 11 is 0. The van der Waals surface area contributed by atoms with Crippen LogP contribution in [0.2, 0.25) is 0 Å². The van der Waals surface area contributed by atoms with E-state index in [9.17, 15) is 9.59 Å². The minimum absolute atomic E-state index is 0.0551. The van der Waals surface area contributed by atoms with Gasteiger partial charge in [0.25, 0.3) is 5.91 Å². The van der Waals surface area contributed by atoms with Crippen LogP contribution < -0.4 is 10.6 Å². The lowest BCUT2D eigenvalue weighted by molar-refractivity contribution is -0.117. The Hall–Kier alpha value is -1.88. The van der Waals surface area contributed by atoms with Gasteiger partial charge in [-0.1, -0.05) is 6.92 Å². The van der Waals surface area contributed by atoms with Crippen LogP contribution in [0.1, 0.15) is 37.6 Å². The van der Waals surface area contributed by atoms with Gasteiger partial charge in [-0.25, -0.2) is 0 Å². The molecule has 1 saturated carbocycles. The minimum Gasteiger partial charge on any atom is -0.333 e. The smallest absolute Gasteiger partial charge is 0.254 e. The summed E-state index contributed by atoms with van der Waals surface area (Å²) in [5.41, 5.74) is 1.43. The van der Waals surface area contributed by atoms with E-state index in [0.717, 1.165) is 25.2 Å². The number of amides is 2. The van der Waals surface area contributed by atoms with Crippen LogP contribution >= 0.6 is 0 Å². The molecule has 0 spiro atoms. The highest BCUT2D eigenvalue weighted by atomic mass is 16.2. The van der Waals surface area contributed by atoms with Gasteiger partial charge in [0, 0.05) is 42.3 Å². The van der Waals surface area contributed by atoms with Crippen LogP contribution in [0.4, 0.5) is 5.69 Å². The van der Waals surface area contributed by atoms with E-state index >= 15 is 0 Å². The Morgan fingerprint density at radius 1 is 1.17 bits per heavy atom. The quantitative estimate of drug-likeness (QED) is 0.898. The average Bonchev–Trinajstić information content (AvgIpc) is 3.27. The first-order chi connectivity index (χ1) is 11.0. The molecule has 2 amide bonds. The summed E-state index contributed by atoms with van der Waals surface area (Å²) in [7, 11) is 0. The van der Waals surface area contributed by atoms with Gasteiger partial charge in [0.2, 0.25) is 5.91 Å². The molecule has 0 radical (unpaired) electrons. The van der Waals surface area contributed by atoms with Crippen molar-refractivity contribution in [2.45, 2.75) is 39.3 Å². The van der Waals surface area contributed by atoms with Crippen LogP contribution in [-0.2, 0) is 4.79 Å². The third-order valence-corrected chi connectivity index (χ3v) is 5.14. The van der Waals surface area contributed by atoms with Crippen LogP contribution in [0.25, 0.3) is 0 Å². The maximum atomic E-state index is 12.7. The Balaban J connectivity index is 1.64. The molecule has 4 unspecified atom stereocenters. The van der Waals surface area contributed by atoms with E-state index in [1.165, 1.54) is 0 Å². The van der Waals surface area contributed by atoms with Gasteiger partial charge in [-0.15, -0.1) is 0 Å². The van der Waals surface area contributed by atoms with Gasteiger partial charge in [0.1, 0.15) is 0 Å². The fourth-order valence-corrected chi connectivity index (χ4v) is 3.13. The molecular weight excluding hydrogens is 290 g/mol. The number of nitrogens with one attached hydrogen (secondary N) is 2. The Morgan fingerprint density at radius 2 is 1.83 bits per heavy atom. The van der Waals surface area contributed by atoms with Gasteiger partial charge in [-0.05, 0) is 50.5 Å². The monoisotopic (exact) mass is 315 g/mol. The summed E-state index contributed by atoms with van der Waals surface area (Å²) in [6.07, 6.45) is 0.974. The van der Waals surface area contributed by atoms with Crippen molar-refractivity contribution in [1.82, 2.24) is 10.2 Å². The summed E-state index contributed by atoms with van der Waals surface area (Å²) in [6.45, 7) is 7.80. The first kappa shape index (κ1) is 16.0. The highest BCUT2D eigenvalue weighted by Crippen LogP contribution is 2.38. The van der Waals surface area contributed by atoms with Gasteiger partial charge in [0.05, 0.1) is 0 Å². The zero-order chi connectivity index (χ0) is 16.6. The number of anilines is 1. The summed E-state index contributed by atoms with van der Waals surface area (Å²) in [5, 5.41) is 6.30. The zero-order valence-electron chi connectivity index (χ0n) is 14.0. The van der Waals surface area contributed by atoms with Gasteiger partial charge in [-0.3, -0.25) is 9.59 Å². The molecule has 23 heavy (non-hydrogen) atoms. The molecule has 5 heteroatoms. The van der Waals surface area contributed by atoms with E-state index in [1.54, 1.807) is 12.1 Å². The minimum atomic E-state index is 0.0551. The molecule has 1 aliphatic carbocycles. The normalized spacial score (nSPS) is 30.0. The van der Waals surface area contributed by atoms with Crippen molar-refractivity contribution in [3.05, 3.63) is 29.8 Å². The van der Waals surface area contributed by atoms with E-state index in [0.29, 0.717) is 17.5 Å². The molecular formula is C18H25N3O2. The molecule has 1 aliphatic heterocycles. The van der Waals surface area contributed by atoms with Gasteiger partial charge in [-0.2, -0.15) is 0 Å². The number of hydrogen-bond donors (Lipinski definition) is 2. The van der Waals surface area contributed by atoms with Crippen molar-refractivity contribution in [3.63, 3.8) is 0 Å². The molecule has 5 nitrogen and oxygen atoms in total. The van der Waals surface area contributed by atoms with Crippen molar-refractivity contribution < 1.29 is 9.59 Å². The number of piperazine rings is 1. The summed E-state index contributed by atoms with van der Waals surface area (Å²) in [4.78, 5) is 26.5. The second kappa shape index (κ2) is 6.32. The van der Waals surface area contributed by atoms with Crippen molar-refractivity contribution in [2.24, 2.45) is 11.8 Å². The molecule has 124 valence electrons. The largest absolute Gasteiger partial charge is 0.333 e. The van der Waals surface area contributed by atoms with Crippen LogP contribution in [0.15, 0.2) is 24.3 Å². The maximum absolute atomic E-state index is 12.7. The van der Waals surface area contributed by atoms with Gasteiger partial charge >= 0.3 is 0 Å². The highest BCUT2D eigenvalue weighted by molar-refractivity contribution is 5.97. The Morgan fingerprint density at radius 3 is 2.43 bits per heavy atom. The van der Waals surface area contributed by atoms with Crippen LogP contribution in [0.5, 0.6) is 0 Å². The third kappa shape index (κ3) is 3.39. The highest BCUT2D eigenvalue weighted by Gasteiger charge is 2.39. The summed E-state index contributed by atoms with van der Waals surface area (Å²) in [5.74, 6) is 0.784. The molecule has 0 bridgehead atoms. The zero-order valence-corrected chi connectivity index (χ0v) is 14.0. The molecule has 2 fully saturated rings. The Labute approximate surface area is 137 Å². The molecule has 0 aromatic heterocycles. The molecule has 1 aromatic rings. The predicted octanol–water partition coefficient (Wildman–Crippen LogP) is 2.10. The third-order valence-electron chi connectivity index (χ3n) is 5.14. The van der Waals surface area contributed by atoms with Crippen LogP contribution in [0, 0.1) is 11.8 Å². The van der Waals surface area contributed by atoms with Crippen molar-refractivity contribution >= 4 is 17.5 Å². The topological polar surface area (TPSA) is 61.4 Å². The molecule has 2 N–H and O–H groups in total. The standard InChI is InChI=1S/C18H25N3O2/c1-11-10-16(11)17(22)20-15-6-4-14(5-7-15)18(23)21-9-8-19-12(2)13(21)3/h4-7,11-13,16,19H,8-10H2,1-3H3,(H,20,22). The maximum Gasteiger partial charge on any atom is 0.254 e. The lowest BCUT2D eigenvalue weighted by Crippen LogP contribution is -2.57. The van der Waals surface area contributed by atoms with E-state index < -0.39 is 0 Å². The van der Waals surface area contributed by atoms with Gasteiger partial charge in [0.15, 0.2) is 0 Å². The fourth-order valence-electron chi connectivity index (χ4n) is 3.13. The lowest BCUT2D eigenvalue weighted by Gasteiger charge is -2.38. The fraction of sp³-hybridized carbons (Fsp3) is 0.556.